The lowest BCUT2D eigenvalue weighted by molar-refractivity contribution is -0.0652. The van der Waals surface area contributed by atoms with E-state index >= 15 is 0 Å². The number of halogens is 1. The molecule has 0 aromatic carbocycles. The number of aliphatic hydroxyl groups is 1. The Kier molecular flexibility index (Phi) is 2.58. The zero-order chi connectivity index (χ0) is 10.9. The average Bonchev–Trinajstić information content (AvgIpc) is 2.10. The van der Waals surface area contributed by atoms with Crippen LogP contribution in [0.15, 0.2) is 12.1 Å². The molecule has 2 heterocycles. The van der Waals surface area contributed by atoms with Crippen LogP contribution in [-0.4, -0.2) is 35.5 Å². The Morgan fingerprint density at radius 3 is 2.80 bits per heavy atom. The molecule has 1 aliphatic rings. The minimum absolute atomic E-state index is 0.0513. The number of pyridine rings is 1. The van der Waals surface area contributed by atoms with Gasteiger partial charge < -0.3 is 15.2 Å². The third kappa shape index (κ3) is 2.08. The van der Waals surface area contributed by atoms with E-state index in [0.29, 0.717) is 19.0 Å². The molecule has 2 N–H and O–H groups in total. The molecule has 2 rings (SSSR count). The summed E-state index contributed by atoms with van der Waals surface area (Å²) in [6.45, 7) is 2.57. The van der Waals surface area contributed by atoms with Gasteiger partial charge in [0.1, 0.15) is 11.4 Å². The summed E-state index contributed by atoms with van der Waals surface area (Å²) in [4.78, 5) is 3.70. The van der Waals surface area contributed by atoms with Crippen LogP contribution >= 0.6 is 0 Å². The van der Waals surface area contributed by atoms with Crippen molar-refractivity contribution in [3.05, 3.63) is 23.6 Å². The van der Waals surface area contributed by atoms with E-state index in [1.165, 1.54) is 6.07 Å². The first-order valence-electron chi connectivity index (χ1n) is 4.75. The summed E-state index contributed by atoms with van der Waals surface area (Å²) in [7, 11) is 0. The fourth-order valence-electron chi connectivity index (χ4n) is 1.51. The van der Waals surface area contributed by atoms with Gasteiger partial charge in [0.15, 0.2) is 0 Å². The first-order valence-corrected chi connectivity index (χ1v) is 4.75. The number of aryl methyl sites for hydroxylation is 1. The number of aliphatic hydroxyl groups excluding tert-OH is 1. The SMILES string of the molecule is Cc1cc(F)nc(NC2(CO)COC2)c1. The lowest BCUT2D eigenvalue weighted by Crippen LogP contribution is -2.58. The number of hydrogen-bond acceptors (Lipinski definition) is 4. The molecule has 5 heteroatoms. The molecule has 0 amide bonds. The van der Waals surface area contributed by atoms with Gasteiger partial charge in [0.2, 0.25) is 5.95 Å². The van der Waals surface area contributed by atoms with Crippen molar-refractivity contribution in [2.45, 2.75) is 12.5 Å². The molecule has 1 aliphatic heterocycles. The third-order valence-corrected chi connectivity index (χ3v) is 2.39. The molecule has 15 heavy (non-hydrogen) atoms. The van der Waals surface area contributed by atoms with Gasteiger partial charge in [-0.2, -0.15) is 4.39 Å². The van der Waals surface area contributed by atoms with E-state index in [1.807, 2.05) is 0 Å². The molecule has 82 valence electrons. The zero-order valence-corrected chi connectivity index (χ0v) is 8.46. The number of ether oxygens (including phenoxy) is 1. The second-order valence-electron chi connectivity index (χ2n) is 3.91. The molecule has 4 nitrogen and oxygen atoms in total. The molecule has 0 saturated carbocycles. The molecule has 0 unspecified atom stereocenters. The van der Waals surface area contributed by atoms with Crippen molar-refractivity contribution in [2.24, 2.45) is 0 Å². The van der Waals surface area contributed by atoms with E-state index in [-0.39, 0.29) is 6.61 Å². The number of rotatable bonds is 3. The van der Waals surface area contributed by atoms with Crippen molar-refractivity contribution in [3.8, 4) is 0 Å². The Hall–Kier alpha value is -1.20. The lowest BCUT2D eigenvalue weighted by atomic mass is 9.99. The van der Waals surface area contributed by atoms with Crippen molar-refractivity contribution < 1.29 is 14.2 Å². The van der Waals surface area contributed by atoms with Crippen LogP contribution in [0.4, 0.5) is 10.2 Å². The lowest BCUT2D eigenvalue weighted by Gasteiger charge is -2.40. The predicted molar refractivity (Wildman–Crippen MR) is 53.2 cm³/mol. The third-order valence-electron chi connectivity index (χ3n) is 2.39. The topological polar surface area (TPSA) is 54.4 Å². The van der Waals surface area contributed by atoms with Crippen LogP contribution in [0.5, 0.6) is 0 Å². The van der Waals surface area contributed by atoms with Crippen molar-refractivity contribution in [3.63, 3.8) is 0 Å². The van der Waals surface area contributed by atoms with Gasteiger partial charge in [-0.15, -0.1) is 0 Å². The minimum Gasteiger partial charge on any atom is -0.394 e. The van der Waals surface area contributed by atoms with Crippen molar-refractivity contribution >= 4 is 5.82 Å². The summed E-state index contributed by atoms with van der Waals surface area (Å²) in [6.07, 6.45) is 0. The maximum atomic E-state index is 13.0. The molecular formula is C10H13FN2O2. The predicted octanol–water partition coefficient (Wildman–Crippen LogP) is 0.702. The molecule has 0 bridgehead atoms. The van der Waals surface area contributed by atoms with Gasteiger partial charge in [0, 0.05) is 0 Å². The zero-order valence-electron chi connectivity index (χ0n) is 8.46. The second-order valence-corrected chi connectivity index (χ2v) is 3.91. The quantitative estimate of drug-likeness (QED) is 0.724. The summed E-state index contributed by atoms with van der Waals surface area (Å²) in [5.41, 5.74) is 0.297. The van der Waals surface area contributed by atoms with E-state index in [1.54, 1.807) is 13.0 Å². The van der Waals surface area contributed by atoms with Crippen molar-refractivity contribution in [1.29, 1.82) is 0 Å². The molecule has 0 spiro atoms. The first-order chi connectivity index (χ1) is 7.13. The number of nitrogens with zero attached hydrogens (tertiary/aromatic N) is 1. The van der Waals surface area contributed by atoms with Crippen LogP contribution in [0.1, 0.15) is 5.56 Å². The summed E-state index contributed by atoms with van der Waals surface area (Å²) in [5, 5.41) is 12.2. The Bertz CT molecular complexity index is 341. The van der Waals surface area contributed by atoms with E-state index in [9.17, 15) is 9.50 Å². The van der Waals surface area contributed by atoms with Crippen LogP contribution in [0, 0.1) is 12.9 Å². The summed E-state index contributed by atoms with van der Waals surface area (Å²) in [5.74, 6) is -0.0873. The Morgan fingerprint density at radius 1 is 1.60 bits per heavy atom. The van der Waals surface area contributed by atoms with Gasteiger partial charge in [-0.1, -0.05) is 0 Å². The monoisotopic (exact) mass is 212 g/mol. The maximum absolute atomic E-state index is 13.0. The molecule has 0 atom stereocenters. The molecule has 1 saturated heterocycles. The van der Waals surface area contributed by atoms with Crippen LogP contribution in [0.3, 0.4) is 0 Å². The van der Waals surface area contributed by atoms with Crippen molar-refractivity contribution in [2.75, 3.05) is 25.1 Å². The van der Waals surface area contributed by atoms with Gasteiger partial charge in [0.25, 0.3) is 0 Å². The van der Waals surface area contributed by atoms with E-state index in [2.05, 4.69) is 10.3 Å². The highest BCUT2D eigenvalue weighted by Gasteiger charge is 2.38. The van der Waals surface area contributed by atoms with Crippen LogP contribution in [0.2, 0.25) is 0 Å². The first kappa shape index (κ1) is 10.3. The highest BCUT2D eigenvalue weighted by Crippen LogP contribution is 2.22. The average molecular weight is 212 g/mol. The summed E-state index contributed by atoms with van der Waals surface area (Å²) >= 11 is 0. The van der Waals surface area contributed by atoms with Crippen LogP contribution in [0.25, 0.3) is 0 Å². The van der Waals surface area contributed by atoms with E-state index < -0.39 is 11.5 Å². The largest absolute Gasteiger partial charge is 0.394 e. The fraction of sp³-hybridized carbons (Fsp3) is 0.500. The Balaban J connectivity index is 2.16. The van der Waals surface area contributed by atoms with E-state index in [0.717, 1.165) is 5.56 Å². The fourth-order valence-corrected chi connectivity index (χ4v) is 1.51. The molecule has 0 radical (unpaired) electrons. The van der Waals surface area contributed by atoms with Gasteiger partial charge in [-0.3, -0.25) is 0 Å². The number of aromatic nitrogens is 1. The number of nitrogens with one attached hydrogen (secondary N) is 1. The summed E-state index contributed by atoms with van der Waals surface area (Å²) in [6, 6.07) is 3.09. The van der Waals surface area contributed by atoms with Crippen LogP contribution < -0.4 is 5.32 Å². The molecule has 1 aromatic heterocycles. The standard InChI is InChI=1S/C10H13FN2O2/c1-7-2-8(11)12-9(3-7)13-10(4-14)5-15-6-10/h2-3,14H,4-6H2,1H3,(H,12,13). The smallest absolute Gasteiger partial charge is 0.215 e. The highest BCUT2D eigenvalue weighted by atomic mass is 19.1. The molecular weight excluding hydrogens is 199 g/mol. The van der Waals surface area contributed by atoms with Gasteiger partial charge in [-0.25, -0.2) is 4.98 Å². The van der Waals surface area contributed by atoms with Gasteiger partial charge in [0.05, 0.1) is 19.8 Å². The Morgan fingerprint density at radius 2 is 2.33 bits per heavy atom. The molecule has 0 aliphatic carbocycles. The van der Waals surface area contributed by atoms with Gasteiger partial charge >= 0.3 is 0 Å². The molecule has 1 fully saturated rings. The molecule has 1 aromatic rings. The van der Waals surface area contributed by atoms with Crippen molar-refractivity contribution in [1.82, 2.24) is 4.98 Å². The second kappa shape index (κ2) is 3.75. The van der Waals surface area contributed by atoms with E-state index in [4.69, 9.17) is 4.74 Å². The Labute approximate surface area is 87.1 Å². The number of hydrogen-bond donors (Lipinski definition) is 2. The summed E-state index contributed by atoms with van der Waals surface area (Å²) < 4.78 is 18.0. The number of anilines is 1. The highest BCUT2D eigenvalue weighted by molar-refractivity contribution is 5.41. The van der Waals surface area contributed by atoms with Crippen LogP contribution in [-0.2, 0) is 4.74 Å². The minimum atomic E-state index is -0.522. The van der Waals surface area contributed by atoms with Gasteiger partial charge in [-0.05, 0) is 24.6 Å². The normalized spacial score (nSPS) is 18.3. The maximum Gasteiger partial charge on any atom is 0.215 e.